The van der Waals surface area contributed by atoms with Gasteiger partial charge in [-0.1, -0.05) is 6.92 Å². The fourth-order valence-corrected chi connectivity index (χ4v) is 1.54. The molecule has 102 valence electrons. The summed E-state index contributed by atoms with van der Waals surface area (Å²) < 4.78 is 1.70. The number of anilines is 2. The lowest BCUT2D eigenvalue weighted by Crippen LogP contribution is -2.30. The van der Waals surface area contributed by atoms with Crippen LogP contribution in [0.5, 0.6) is 0 Å². The van der Waals surface area contributed by atoms with E-state index in [1.807, 2.05) is 11.9 Å². The summed E-state index contributed by atoms with van der Waals surface area (Å²) in [4.78, 5) is 18.9. The molecule has 2 rings (SSSR count). The van der Waals surface area contributed by atoms with Gasteiger partial charge < -0.3 is 4.90 Å². The number of nitrogen functional groups attached to an aromatic ring is 1. The van der Waals surface area contributed by atoms with Gasteiger partial charge in [0.1, 0.15) is 6.33 Å². The van der Waals surface area contributed by atoms with Crippen LogP contribution in [-0.2, 0) is 0 Å². The predicted octanol–water partition coefficient (Wildman–Crippen LogP) is 0.578. The van der Waals surface area contributed by atoms with Crippen molar-refractivity contribution < 1.29 is 0 Å². The number of hydrazine groups is 1. The van der Waals surface area contributed by atoms with Gasteiger partial charge in [0.2, 0.25) is 17.8 Å². The Labute approximate surface area is 111 Å². The molecule has 2 aromatic heterocycles. The van der Waals surface area contributed by atoms with Crippen LogP contribution in [-0.4, -0.2) is 37.6 Å². The zero-order valence-corrected chi connectivity index (χ0v) is 11.3. The maximum absolute atomic E-state index is 5.40. The summed E-state index contributed by atoms with van der Waals surface area (Å²) in [5, 5.41) is 0. The lowest BCUT2D eigenvalue weighted by atomic mass is 10.2. The SMILES string of the molecule is CCC(C)N(C)c1nc(NN)nc(-n2ccnc2)n1. The number of nitrogens with zero attached hydrogens (tertiary/aromatic N) is 6. The molecular formula is C11H18N8. The van der Waals surface area contributed by atoms with Gasteiger partial charge in [-0.2, -0.15) is 15.0 Å². The Morgan fingerprint density at radius 1 is 1.42 bits per heavy atom. The maximum Gasteiger partial charge on any atom is 0.243 e. The number of nitrogens with two attached hydrogens (primary N) is 1. The van der Waals surface area contributed by atoms with Crippen LogP contribution in [0.3, 0.4) is 0 Å². The minimum Gasteiger partial charge on any atom is -0.341 e. The molecule has 0 spiro atoms. The quantitative estimate of drug-likeness (QED) is 0.600. The first-order valence-corrected chi connectivity index (χ1v) is 6.09. The number of imidazole rings is 1. The zero-order chi connectivity index (χ0) is 13.8. The van der Waals surface area contributed by atoms with Gasteiger partial charge in [-0.15, -0.1) is 0 Å². The van der Waals surface area contributed by atoms with Gasteiger partial charge in [-0.05, 0) is 13.3 Å². The molecule has 0 aliphatic rings. The minimum absolute atomic E-state index is 0.323. The van der Waals surface area contributed by atoms with Crippen LogP contribution in [0, 0.1) is 0 Å². The fourth-order valence-electron chi connectivity index (χ4n) is 1.54. The molecule has 0 aliphatic carbocycles. The number of nitrogens with one attached hydrogen (secondary N) is 1. The van der Waals surface area contributed by atoms with E-state index < -0.39 is 0 Å². The topological polar surface area (TPSA) is 97.8 Å². The van der Waals surface area contributed by atoms with Crippen LogP contribution in [0.25, 0.3) is 5.95 Å². The van der Waals surface area contributed by atoms with Crippen LogP contribution in [0.2, 0.25) is 0 Å². The second kappa shape index (κ2) is 5.61. The average molecular weight is 262 g/mol. The van der Waals surface area contributed by atoms with Gasteiger partial charge in [0.15, 0.2) is 0 Å². The second-order valence-electron chi connectivity index (χ2n) is 4.24. The van der Waals surface area contributed by atoms with E-state index in [2.05, 4.69) is 39.2 Å². The van der Waals surface area contributed by atoms with Crippen LogP contribution in [0.15, 0.2) is 18.7 Å². The Morgan fingerprint density at radius 2 is 2.21 bits per heavy atom. The van der Waals surface area contributed by atoms with E-state index in [-0.39, 0.29) is 0 Å². The number of aromatic nitrogens is 5. The Morgan fingerprint density at radius 3 is 2.79 bits per heavy atom. The first-order chi connectivity index (χ1) is 9.15. The molecule has 0 saturated carbocycles. The molecule has 8 nitrogen and oxygen atoms in total. The van der Waals surface area contributed by atoms with Gasteiger partial charge >= 0.3 is 0 Å². The molecule has 19 heavy (non-hydrogen) atoms. The number of rotatable bonds is 5. The number of hydrogen-bond donors (Lipinski definition) is 2. The largest absolute Gasteiger partial charge is 0.341 e. The molecule has 0 amide bonds. The second-order valence-corrected chi connectivity index (χ2v) is 4.24. The highest BCUT2D eigenvalue weighted by Crippen LogP contribution is 2.14. The van der Waals surface area contributed by atoms with Crippen molar-refractivity contribution in [1.29, 1.82) is 0 Å². The highest BCUT2D eigenvalue weighted by atomic mass is 15.4. The molecule has 0 aromatic carbocycles. The predicted molar refractivity (Wildman–Crippen MR) is 72.9 cm³/mol. The van der Waals surface area contributed by atoms with Crippen molar-refractivity contribution in [3.05, 3.63) is 18.7 Å². The lowest BCUT2D eigenvalue weighted by Gasteiger charge is -2.24. The molecule has 8 heteroatoms. The highest BCUT2D eigenvalue weighted by Gasteiger charge is 2.14. The zero-order valence-electron chi connectivity index (χ0n) is 11.3. The summed E-state index contributed by atoms with van der Waals surface area (Å²) in [7, 11) is 1.95. The smallest absolute Gasteiger partial charge is 0.243 e. The van der Waals surface area contributed by atoms with E-state index in [0.717, 1.165) is 6.42 Å². The van der Waals surface area contributed by atoms with E-state index in [1.165, 1.54) is 0 Å². The minimum atomic E-state index is 0.323. The van der Waals surface area contributed by atoms with Crippen LogP contribution >= 0.6 is 0 Å². The molecule has 3 N–H and O–H groups in total. The van der Waals surface area contributed by atoms with Crippen molar-refractivity contribution in [2.24, 2.45) is 5.84 Å². The third kappa shape index (κ3) is 2.79. The van der Waals surface area contributed by atoms with Crippen molar-refractivity contribution in [2.75, 3.05) is 17.4 Å². The van der Waals surface area contributed by atoms with Crippen molar-refractivity contribution in [3.63, 3.8) is 0 Å². The molecule has 2 aromatic rings. The molecule has 1 atom stereocenters. The van der Waals surface area contributed by atoms with Gasteiger partial charge in [-0.3, -0.25) is 9.99 Å². The third-order valence-electron chi connectivity index (χ3n) is 3.04. The Bertz CT molecular complexity index is 523. The fraction of sp³-hybridized carbons (Fsp3) is 0.455. The van der Waals surface area contributed by atoms with Gasteiger partial charge in [0.25, 0.3) is 0 Å². The molecule has 0 saturated heterocycles. The molecule has 2 heterocycles. The lowest BCUT2D eigenvalue weighted by molar-refractivity contribution is 0.645. The average Bonchev–Trinajstić information content (AvgIpc) is 2.99. The van der Waals surface area contributed by atoms with Crippen molar-refractivity contribution in [1.82, 2.24) is 24.5 Å². The summed E-state index contributed by atoms with van der Waals surface area (Å²) in [6, 6.07) is 0.323. The molecule has 0 radical (unpaired) electrons. The van der Waals surface area contributed by atoms with Gasteiger partial charge in [0.05, 0.1) is 0 Å². The van der Waals surface area contributed by atoms with E-state index in [4.69, 9.17) is 5.84 Å². The van der Waals surface area contributed by atoms with E-state index in [1.54, 1.807) is 23.3 Å². The molecule has 0 aliphatic heterocycles. The normalized spacial score (nSPS) is 12.2. The summed E-state index contributed by atoms with van der Waals surface area (Å²) in [5.74, 6) is 6.77. The van der Waals surface area contributed by atoms with E-state index in [0.29, 0.717) is 23.9 Å². The van der Waals surface area contributed by atoms with Crippen molar-refractivity contribution in [3.8, 4) is 5.95 Å². The monoisotopic (exact) mass is 262 g/mol. The third-order valence-corrected chi connectivity index (χ3v) is 3.04. The standard InChI is InChI=1S/C11H18N8/c1-4-8(2)18(3)10-14-9(17-12)15-11(16-10)19-6-5-13-7-19/h5-8H,4,12H2,1-3H3,(H,14,15,16,17). The van der Waals surface area contributed by atoms with E-state index in [9.17, 15) is 0 Å². The maximum atomic E-state index is 5.40. The van der Waals surface area contributed by atoms with Crippen molar-refractivity contribution in [2.45, 2.75) is 26.3 Å². The Balaban J connectivity index is 2.42. The Hall–Kier alpha value is -2.22. The summed E-state index contributed by atoms with van der Waals surface area (Å²) >= 11 is 0. The summed E-state index contributed by atoms with van der Waals surface area (Å²) in [6.07, 6.45) is 6.05. The first kappa shape index (κ1) is 13.2. The Kier molecular flexibility index (Phi) is 3.91. The van der Waals surface area contributed by atoms with E-state index >= 15 is 0 Å². The molecular weight excluding hydrogens is 244 g/mol. The van der Waals surface area contributed by atoms with Crippen LogP contribution in [0.4, 0.5) is 11.9 Å². The van der Waals surface area contributed by atoms with Gasteiger partial charge in [-0.25, -0.2) is 10.8 Å². The molecule has 0 bridgehead atoms. The molecule has 0 fully saturated rings. The highest BCUT2D eigenvalue weighted by molar-refractivity contribution is 5.39. The van der Waals surface area contributed by atoms with Crippen molar-refractivity contribution >= 4 is 11.9 Å². The number of hydrogen-bond acceptors (Lipinski definition) is 7. The molecule has 1 unspecified atom stereocenters. The first-order valence-electron chi connectivity index (χ1n) is 6.09. The van der Waals surface area contributed by atoms with Crippen LogP contribution < -0.4 is 16.2 Å². The summed E-state index contributed by atoms with van der Waals surface area (Å²) in [6.45, 7) is 4.22. The van der Waals surface area contributed by atoms with Gasteiger partial charge in [0, 0.05) is 25.5 Å². The van der Waals surface area contributed by atoms with Crippen LogP contribution in [0.1, 0.15) is 20.3 Å². The summed E-state index contributed by atoms with van der Waals surface area (Å²) in [5.41, 5.74) is 2.46.